The molecule has 7 heteroatoms. The molecule has 0 atom stereocenters. The number of halogens is 2. The molecule has 0 unspecified atom stereocenters. The molecule has 0 aromatic heterocycles. The summed E-state index contributed by atoms with van der Waals surface area (Å²) < 4.78 is 0.717. The molecule has 0 saturated carbocycles. The van der Waals surface area contributed by atoms with Crippen LogP contribution in [0.4, 0.5) is 10.5 Å². The fraction of sp³-hybridized carbons (Fsp3) is 0.333. The third-order valence-corrected chi connectivity index (χ3v) is 3.56. The summed E-state index contributed by atoms with van der Waals surface area (Å²) >= 11 is 9.32. The van der Waals surface area contributed by atoms with Crippen LogP contribution in [-0.4, -0.2) is 35.6 Å². The molecular formula is C12H14BrClN2O3. The Labute approximate surface area is 124 Å². The minimum absolute atomic E-state index is 0.0975. The summed E-state index contributed by atoms with van der Waals surface area (Å²) in [7, 11) is 1.53. The molecule has 1 aromatic carbocycles. The lowest BCUT2D eigenvalue weighted by atomic mass is 10.2. The third-order valence-electron chi connectivity index (χ3n) is 2.50. The lowest BCUT2D eigenvalue weighted by molar-refractivity contribution is -0.137. The molecule has 0 heterocycles. The molecule has 0 bridgehead atoms. The lowest BCUT2D eigenvalue weighted by Crippen LogP contribution is -2.33. The number of anilines is 1. The average molecular weight is 350 g/mol. The maximum Gasteiger partial charge on any atom is 0.321 e. The Bertz CT molecular complexity index is 508. The van der Waals surface area contributed by atoms with Crippen molar-refractivity contribution >= 4 is 45.2 Å². The molecule has 1 rings (SSSR count). The standard InChI is InChI=1S/C12H14BrClN2O3/c1-7-5-8(13)10(6-9(7)14)15-12(19)16(2)4-3-11(17)18/h5-6H,3-4H2,1-2H3,(H,15,19)(H,17,18). The highest BCUT2D eigenvalue weighted by Crippen LogP contribution is 2.29. The Kier molecular flexibility index (Phi) is 5.62. The summed E-state index contributed by atoms with van der Waals surface area (Å²) in [5.41, 5.74) is 1.44. The van der Waals surface area contributed by atoms with Gasteiger partial charge in [0.1, 0.15) is 0 Å². The second kappa shape index (κ2) is 6.77. The summed E-state index contributed by atoms with van der Waals surface area (Å²) in [5.74, 6) is -0.945. The maximum absolute atomic E-state index is 11.8. The van der Waals surface area contributed by atoms with Crippen molar-refractivity contribution in [1.29, 1.82) is 0 Å². The van der Waals surface area contributed by atoms with Gasteiger partial charge >= 0.3 is 12.0 Å². The largest absolute Gasteiger partial charge is 0.481 e. The van der Waals surface area contributed by atoms with E-state index in [-0.39, 0.29) is 19.0 Å². The SMILES string of the molecule is Cc1cc(Br)c(NC(=O)N(C)CCC(=O)O)cc1Cl. The molecule has 0 fully saturated rings. The van der Waals surface area contributed by atoms with Crippen LogP contribution in [0.3, 0.4) is 0 Å². The van der Waals surface area contributed by atoms with E-state index in [1.54, 1.807) is 12.1 Å². The minimum atomic E-state index is -0.945. The molecule has 0 spiro atoms. The zero-order valence-corrected chi connectivity index (χ0v) is 12.9. The zero-order chi connectivity index (χ0) is 14.6. The van der Waals surface area contributed by atoms with Gasteiger partial charge in [-0.15, -0.1) is 0 Å². The molecule has 0 aliphatic carbocycles. The van der Waals surface area contributed by atoms with Crippen LogP contribution in [-0.2, 0) is 4.79 Å². The molecule has 1 aromatic rings. The molecule has 0 saturated heterocycles. The van der Waals surface area contributed by atoms with Gasteiger partial charge < -0.3 is 15.3 Å². The number of carboxylic acids is 1. The van der Waals surface area contributed by atoms with Gasteiger partial charge in [-0.25, -0.2) is 4.79 Å². The van der Waals surface area contributed by atoms with Crippen molar-refractivity contribution in [3.05, 3.63) is 27.2 Å². The molecule has 2 amide bonds. The van der Waals surface area contributed by atoms with Gasteiger partial charge in [-0.05, 0) is 40.5 Å². The maximum atomic E-state index is 11.8. The number of amides is 2. The highest BCUT2D eigenvalue weighted by molar-refractivity contribution is 9.10. The van der Waals surface area contributed by atoms with Crippen molar-refractivity contribution in [3.63, 3.8) is 0 Å². The summed E-state index contributed by atoms with van der Waals surface area (Å²) in [6, 6.07) is 3.06. The van der Waals surface area contributed by atoms with E-state index in [1.165, 1.54) is 11.9 Å². The number of benzene rings is 1. The van der Waals surface area contributed by atoms with E-state index < -0.39 is 5.97 Å². The smallest absolute Gasteiger partial charge is 0.321 e. The minimum Gasteiger partial charge on any atom is -0.481 e. The highest BCUT2D eigenvalue weighted by Gasteiger charge is 2.12. The predicted octanol–water partition coefficient (Wildman–Crippen LogP) is 3.35. The first kappa shape index (κ1) is 15.8. The Morgan fingerprint density at radius 2 is 2.11 bits per heavy atom. The number of urea groups is 1. The lowest BCUT2D eigenvalue weighted by Gasteiger charge is -2.18. The number of nitrogens with zero attached hydrogens (tertiary/aromatic N) is 1. The quantitative estimate of drug-likeness (QED) is 0.876. The van der Waals surface area contributed by atoms with Gasteiger partial charge in [0.25, 0.3) is 0 Å². The number of aryl methyl sites for hydroxylation is 1. The summed E-state index contributed by atoms with van der Waals surface area (Å²) in [4.78, 5) is 23.6. The Morgan fingerprint density at radius 1 is 1.47 bits per heavy atom. The van der Waals surface area contributed by atoms with Crippen LogP contribution in [0.15, 0.2) is 16.6 Å². The summed E-state index contributed by atoms with van der Waals surface area (Å²) in [6.45, 7) is 2.00. The van der Waals surface area contributed by atoms with Crippen molar-refractivity contribution in [1.82, 2.24) is 4.90 Å². The second-order valence-electron chi connectivity index (χ2n) is 4.08. The molecule has 5 nitrogen and oxygen atoms in total. The molecular weight excluding hydrogens is 336 g/mol. The van der Waals surface area contributed by atoms with Crippen LogP contribution in [0.1, 0.15) is 12.0 Å². The fourth-order valence-electron chi connectivity index (χ4n) is 1.32. The molecule has 2 N–H and O–H groups in total. The van der Waals surface area contributed by atoms with E-state index in [1.807, 2.05) is 6.92 Å². The average Bonchev–Trinajstić information content (AvgIpc) is 2.32. The topological polar surface area (TPSA) is 69.6 Å². The number of aliphatic carboxylic acids is 1. The second-order valence-corrected chi connectivity index (χ2v) is 5.34. The zero-order valence-electron chi connectivity index (χ0n) is 10.5. The number of nitrogens with one attached hydrogen (secondary N) is 1. The normalized spacial score (nSPS) is 10.1. The van der Waals surface area contributed by atoms with Crippen molar-refractivity contribution in [2.24, 2.45) is 0 Å². The van der Waals surface area contributed by atoms with Crippen LogP contribution in [0.5, 0.6) is 0 Å². The van der Waals surface area contributed by atoms with Crippen LogP contribution in [0, 0.1) is 6.92 Å². The number of hydrogen-bond acceptors (Lipinski definition) is 2. The molecule has 19 heavy (non-hydrogen) atoms. The third kappa shape index (κ3) is 4.72. The van der Waals surface area contributed by atoms with Crippen LogP contribution in [0.25, 0.3) is 0 Å². The van der Waals surface area contributed by atoms with Crippen LogP contribution >= 0.6 is 27.5 Å². The summed E-state index contributed by atoms with van der Waals surface area (Å²) in [6.07, 6.45) is -0.0975. The van der Waals surface area contributed by atoms with E-state index in [9.17, 15) is 9.59 Å². The van der Waals surface area contributed by atoms with Gasteiger partial charge in [0, 0.05) is 23.1 Å². The fourth-order valence-corrected chi connectivity index (χ4v) is 2.04. The summed E-state index contributed by atoms with van der Waals surface area (Å²) in [5, 5.41) is 11.8. The number of carbonyl (C=O) groups is 2. The molecule has 104 valence electrons. The molecule has 0 aliphatic rings. The first-order valence-corrected chi connectivity index (χ1v) is 6.68. The van der Waals surface area contributed by atoms with Gasteiger partial charge in [0.15, 0.2) is 0 Å². The monoisotopic (exact) mass is 348 g/mol. The first-order valence-electron chi connectivity index (χ1n) is 5.51. The van der Waals surface area contributed by atoms with Crippen molar-refractivity contribution in [2.45, 2.75) is 13.3 Å². The number of hydrogen-bond donors (Lipinski definition) is 2. The van der Waals surface area contributed by atoms with E-state index >= 15 is 0 Å². The van der Waals surface area contributed by atoms with Crippen LogP contribution in [0.2, 0.25) is 5.02 Å². The Morgan fingerprint density at radius 3 is 2.68 bits per heavy atom. The first-order chi connectivity index (χ1) is 8.81. The Hall–Kier alpha value is -1.27. The van der Waals surface area contributed by atoms with Gasteiger partial charge in [0.05, 0.1) is 12.1 Å². The van der Waals surface area contributed by atoms with Crippen molar-refractivity contribution < 1.29 is 14.7 Å². The van der Waals surface area contributed by atoms with E-state index in [0.29, 0.717) is 10.7 Å². The predicted molar refractivity (Wildman–Crippen MR) is 77.8 cm³/mol. The van der Waals surface area contributed by atoms with Gasteiger partial charge in [-0.2, -0.15) is 0 Å². The highest BCUT2D eigenvalue weighted by atomic mass is 79.9. The molecule has 0 aliphatic heterocycles. The number of carboxylic acid groups (broad SMARTS) is 1. The number of carbonyl (C=O) groups excluding carboxylic acids is 1. The van der Waals surface area contributed by atoms with E-state index in [0.717, 1.165) is 10.0 Å². The molecule has 0 radical (unpaired) electrons. The van der Waals surface area contributed by atoms with Gasteiger partial charge in [-0.1, -0.05) is 11.6 Å². The van der Waals surface area contributed by atoms with Crippen molar-refractivity contribution in [3.8, 4) is 0 Å². The van der Waals surface area contributed by atoms with Crippen LogP contribution < -0.4 is 5.32 Å². The number of rotatable bonds is 4. The van der Waals surface area contributed by atoms with Gasteiger partial charge in [0.2, 0.25) is 0 Å². The van der Waals surface area contributed by atoms with Crippen molar-refractivity contribution in [2.75, 3.05) is 18.9 Å². The van der Waals surface area contributed by atoms with Gasteiger partial charge in [-0.3, -0.25) is 4.79 Å². The Balaban J connectivity index is 2.71. The van der Waals surface area contributed by atoms with E-state index in [2.05, 4.69) is 21.2 Å². The van der Waals surface area contributed by atoms with E-state index in [4.69, 9.17) is 16.7 Å².